The fourth-order valence-corrected chi connectivity index (χ4v) is 4.13. The summed E-state index contributed by atoms with van der Waals surface area (Å²) in [6, 6.07) is 15.7. The minimum Gasteiger partial charge on any atom is -0.492 e. The Morgan fingerprint density at radius 3 is 2.31 bits per heavy atom. The molecule has 0 aliphatic rings. The average Bonchev–Trinajstić information content (AvgIpc) is 2.86. The first kappa shape index (κ1) is 25.1. The quantitative estimate of drug-likeness (QED) is 0.163. The van der Waals surface area contributed by atoms with Crippen molar-refractivity contribution in [3.63, 3.8) is 0 Å². The van der Waals surface area contributed by atoms with Crippen LogP contribution in [0, 0.1) is 17.5 Å². The summed E-state index contributed by atoms with van der Waals surface area (Å²) in [5.41, 5.74) is 3.02. The van der Waals surface area contributed by atoms with Gasteiger partial charge in [-0.3, -0.25) is 4.98 Å². The van der Waals surface area contributed by atoms with Gasteiger partial charge in [0.05, 0.1) is 12.8 Å². The number of hydrogen-bond acceptors (Lipinski definition) is 2. The maximum absolute atomic E-state index is 15.1. The van der Waals surface area contributed by atoms with Gasteiger partial charge in [-0.1, -0.05) is 55.3 Å². The summed E-state index contributed by atoms with van der Waals surface area (Å²) in [4.78, 5) is 4.48. The van der Waals surface area contributed by atoms with Gasteiger partial charge in [0.2, 0.25) is 0 Å². The number of pyridine rings is 1. The molecular weight excluding hydrogens is 471 g/mol. The van der Waals surface area contributed by atoms with Gasteiger partial charge < -0.3 is 4.74 Å². The normalized spacial score (nSPS) is 11.2. The van der Waals surface area contributed by atoms with E-state index in [0.717, 1.165) is 48.1 Å². The van der Waals surface area contributed by atoms with E-state index in [2.05, 4.69) is 11.9 Å². The lowest BCUT2D eigenvalue weighted by atomic mass is 9.98. The molecule has 0 atom stereocenters. The first-order valence-corrected chi connectivity index (χ1v) is 12.2. The van der Waals surface area contributed by atoms with Crippen LogP contribution in [0.25, 0.3) is 10.8 Å². The van der Waals surface area contributed by atoms with E-state index in [1.54, 1.807) is 18.3 Å². The summed E-state index contributed by atoms with van der Waals surface area (Å²) in [7, 11) is 0. The van der Waals surface area contributed by atoms with E-state index in [1.807, 2.05) is 30.3 Å². The van der Waals surface area contributed by atoms with Crippen LogP contribution >= 0.6 is 11.6 Å². The molecule has 0 saturated carbocycles. The number of fused-ring (bicyclic) bond motifs is 1. The second-order valence-electron chi connectivity index (χ2n) is 8.65. The highest BCUT2D eigenvalue weighted by Crippen LogP contribution is 2.26. The number of rotatable bonds is 10. The Morgan fingerprint density at radius 1 is 0.829 bits per heavy atom. The van der Waals surface area contributed by atoms with Crippen LogP contribution < -0.4 is 4.74 Å². The molecule has 4 rings (SSSR count). The minimum absolute atomic E-state index is 0.302. The molecule has 0 aliphatic heterocycles. The van der Waals surface area contributed by atoms with Crippen molar-refractivity contribution in [1.82, 2.24) is 4.98 Å². The molecule has 0 amide bonds. The molecule has 0 fully saturated rings. The molecule has 3 aromatic carbocycles. The predicted molar refractivity (Wildman–Crippen MR) is 135 cm³/mol. The lowest BCUT2D eigenvalue weighted by Crippen LogP contribution is -1.99. The summed E-state index contributed by atoms with van der Waals surface area (Å²) >= 11 is 5.54. The second kappa shape index (κ2) is 11.6. The summed E-state index contributed by atoms with van der Waals surface area (Å²) in [5, 5.41) is 0.831. The van der Waals surface area contributed by atoms with Crippen LogP contribution in [0.15, 0.2) is 60.8 Å². The van der Waals surface area contributed by atoms with Gasteiger partial charge in [-0.25, -0.2) is 13.2 Å². The van der Waals surface area contributed by atoms with Crippen molar-refractivity contribution in [1.29, 1.82) is 0 Å². The number of hydrogen-bond donors (Lipinski definition) is 0. The van der Waals surface area contributed by atoms with Crippen LogP contribution in [0.1, 0.15) is 42.1 Å². The number of nitrogens with zero attached hydrogens (tertiary/aromatic N) is 1. The van der Waals surface area contributed by atoms with Gasteiger partial charge in [0, 0.05) is 11.1 Å². The van der Waals surface area contributed by atoms with Crippen molar-refractivity contribution >= 4 is 22.4 Å². The molecule has 2 nitrogen and oxygen atoms in total. The Morgan fingerprint density at radius 2 is 1.60 bits per heavy atom. The molecule has 0 N–H and O–H groups in total. The van der Waals surface area contributed by atoms with Gasteiger partial charge in [-0.2, -0.15) is 0 Å². The molecule has 1 heterocycles. The second-order valence-corrected chi connectivity index (χ2v) is 9.03. The lowest BCUT2D eigenvalue weighted by molar-refractivity contribution is 0.308. The van der Waals surface area contributed by atoms with Gasteiger partial charge in [0.15, 0.2) is 0 Å². The molecular formula is C29H27ClF3NO. The number of benzene rings is 3. The first-order valence-electron chi connectivity index (χ1n) is 11.9. The number of ether oxygens (including phenoxy) is 1. The zero-order chi connectivity index (χ0) is 24.8. The van der Waals surface area contributed by atoms with Crippen molar-refractivity contribution < 1.29 is 17.9 Å². The number of aryl methyl sites for hydroxylation is 4. The van der Waals surface area contributed by atoms with E-state index in [9.17, 15) is 8.78 Å². The maximum atomic E-state index is 15.1. The molecule has 6 heteroatoms. The van der Waals surface area contributed by atoms with E-state index >= 15 is 4.39 Å². The minimum atomic E-state index is -0.806. The molecule has 0 spiro atoms. The Labute approximate surface area is 208 Å². The van der Waals surface area contributed by atoms with Crippen LogP contribution in [0.3, 0.4) is 0 Å². The van der Waals surface area contributed by atoms with Crippen molar-refractivity contribution in [2.75, 3.05) is 6.61 Å². The van der Waals surface area contributed by atoms with Crippen molar-refractivity contribution in [3.8, 4) is 5.75 Å². The zero-order valence-electron chi connectivity index (χ0n) is 19.6. The zero-order valence-corrected chi connectivity index (χ0v) is 20.3. The van der Waals surface area contributed by atoms with E-state index in [-0.39, 0.29) is 5.82 Å². The largest absolute Gasteiger partial charge is 0.492 e. The van der Waals surface area contributed by atoms with Crippen LogP contribution in [0.2, 0.25) is 5.02 Å². The summed E-state index contributed by atoms with van der Waals surface area (Å²) in [6.45, 7) is 2.82. The van der Waals surface area contributed by atoms with E-state index in [0.29, 0.717) is 36.0 Å². The third-order valence-corrected chi connectivity index (χ3v) is 6.42. The molecule has 0 saturated heterocycles. The molecule has 0 radical (unpaired) electrons. The predicted octanol–water partition coefficient (Wildman–Crippen LogP) is 8.05. The molecule has 182 valence electrons. The van der Waals surface area contributed by atoms with Gasteiger partial charge in [0.25, 0.3) is 0 Å². The van der Waals surface area contributed by atoms with E-state index in [1.165, 1.54) is 12.1 Å². The summed E-state index contributed by atoms with van der Waals surface area (Å²) < 4.78 is 48.2. The Bertz CT molecular complexity index is 1280. The van der Waals surface area contributed by atoms with Gasteiger partial charge in [-0.15, -0.1) is 0 Å². The summed E-state index contributed by atoms with van der Waals surface area (Å²) in [6.07, 6.45) is 6.07. The van der Waals surface area contributed by atoms with Gasteiger partial charge in [-0.05, 0) is 78.4 Å². The Balaban J connectivity index is 1.39. The monoisotopic (exact) mass is 497 g/mol. The van der Waals surface area contributed by atoms with Crippen LogP contribution in [-0.2, 0) is 25.7 Å². The fraction of sp³-hybridized carbons (Fsp3) is 0.276. The average molecular weight is 498 g/mol. The molecule has 0 unspecified atom stereocenters. The fourth-order valence-electron chi connectivity index (χ4n) is 4.02. The third-order valence-electron chi connectivity index (χ3n) is 6.06. The summed E-state index contributed by atoms with van der Waals surface area (Å²) in [5.74, 6) is -1.13. The lowest BCUT2D eigenvalue weighted by Gasteiger charge is -2.10. The smallest absolute Gasteiger partial charge is 0.145 e. The third kappa shape index (κ3) is 6.34. The van der Waals surface area contributed by atoms with E-state index < -0.39 is 16.7 Å². The first-order chi connectivity index (χ1) is 16.9. The highest BCUT2D eigenvalue weighted by molar-refractivity contribution is 6.30. The van der Waals surface area contributed by atoms with Crippen LogP contribution in [0.5, 0.6) is 5.75 Å². The standard InChI is InChI=1S/C29H27ClF3NO/c1-2-3-14-35-24-12-11-23(34-18-24)10-5-19-6-13-25-22(15-19)9-8-21(29(25)33)7-4-20-16-26(31)28(30)27(32)17-20/h6,8-9,11-13,15-18H,2-5,7,10,14H2,1H3. The topological polar surface area (TPSA) is 22.1 Å². The Hall–Kier alpha value is -3.05. The van der Waals surface area contributed by atoms with Gasteiger partial charge in [0.1, 0.15) is 28.2 Å². The van der Waals surface area contributed by atoms with Crippen LogP contribution in [0.4, 0.5) is 13.2 Å². The number of aromatic nitrogens is 1. The molecule has 0 aliphatic carbocycles. The van der Waals surface area contributed by atoms with Crippen LogP contribution in [-0.4, -0.2) is 11.6 Å². The molecule has 4 aromatic rings. The molecule has 1 aromatic heterocycles. The maximum Gasteiger partial charge on any atom is 0.145 e. The highest BCUT2D eigenvalue weighted by Gasteiger charge is 2.12. The van der Waals surface area contributed by atoms with Crippen molar-refractivity contribution in [2.24, 2.45) is 0 Å². The van der Waals surface area contributed by atoms with E-state index in [4.69, 9.17) is 16.3 Å². The van der Waals surface area contributed by atoms with Crippen molar-refractivity contribution in [2.45, 2.75) is 45.4 Å². The van der Waals surface area contributed by atoms with Gasteiger partial charge >= 0.3 is 0 Å². The highest BCUT2D eigenvalue weighted by atomic mass is 35.5. The molecule has 0 bridgehead atoms. The SMILES string of the molecule is CCCCOc1ccc(CCc2ccc3c(F)c(CCc4cc(F)c(Cl)c(F)c4)ccc3c2)nc1. The number of halogens is 4. The van der Waals surface area contributed by atoms with Crippen molar-refractivity contribution in [3.05, 3.63) is 106 Å². The Kier molecular flexibility index (Phi) is 8.29. The number of unbranched alkanes of at least 4 members (excludes halogenated alkanes) is 1. The molecule has 35 heavy (non-hydrogen) atoms.